The average molecular weight is 344 g/mol. The zero-order valence-corrected chi connectivity index (χ0v) is 16.0. The predicted octanol–water partition coefficient (Wildman–Crippen LogP) is 3.93. The molecule has 0 saturated carbocycles. The van der Waals surface area contributed by atoms with Gasteiger partial charge in [0.1, 0.15) is 0 Å². The van der Waals surface area contributed by atoms with E-state index >= 15 is 0 Å². The number of hydrogen-bond acceptors (Lipinski definition) is 2. The van der Waals surface area contributed by atoms with E-state index in [-0.39, 0.29) is 23.8 Å². The van der Waals surface area contributed by atoms with Gasteiger partial charge in [-0.15, -0.1) is 0 Å². The molecule has 0 aromatic heterocycles. The van der Waals surface area contributed by atoms with E-state index in [9.17, 15) is 9.59 Å². The lowest BCUT2D eigenvalue weighted by molar-refractivity contribution is -0.126. The van der Waals surface area contributed by atoms with Crippen molar-refractivity contribution in [1.82, 2.24) is 5.32 Å². The first-order valence-electron chi connectivity index (χ1n) is 9.60. The Hall–Kier alpha value is -1.84. The van der Waals surface area contributed by atoms with Gasteiger partial charge in [0.25, 0.3) is 0 Å². The second-order valence-electron chi connectivity index (χ2n) is 7.66. The SMILES string of the molecule is CCc1ccc(N2C[C@H](C(=O)N[C@H](C)CCCC(C)C)CC2=O)cc1. The molecule has 1 aromatic rings. The number of amides is 2. The van der Waals surface area contributed by atoms with E-state index in [1.807, 2.05) is 24.3 Å². The molecule has 1 aliphatic rings. The summed E-state index contributed by atoms with van der Waals surface area (Å²) in [4.78, 5) is 26.6. The van der Waals surface area contributed by atoms with Gasteiger partial charge < -0.3 is 10.2 Å². The summed E-state index contributed by atoms with van der Waals surface area (Å²) in [6, 6.07) is 8.22. The molecule has 0 bridgehead atoms. The highest BCUT2D eigenvalue weighted by molar-refractivity contribution is 6.00. The third kappa shape index (κ3) is 5.58. The second kappa shape index (κ2) is 9.02. The number of hydrogen-bond donors (Lipinski definition) is 1. The molecule has 2 rings (SSSR count). The van der Waals surface area contributed by atoms with E-state index in [1.54, 1.807) is 4.90 Å². The van der Waals surface area contributed by atoms with E-state index in [2.05, 4.69) is 33.0 Å². The fourth-order valence-electron chi connectivity index (χ4n) is 3.31. The van der Waals surface area contributed by atoms with E-state index in [1.165, 1.54) is 12.0 Å². The van der Waals surface area contributed by atoms with Gasteiger partial charge >= 0.3 is 0 Å². The van der Waals surface area contributed by atoms with Gasteiger partial charge in [-0.3, -0.25) is 9.59 Å². The highest BCUT2D eigenvalue weighted by Gasteiger charge is 2.35. The van der Waals surface area contributed by atoms with Gasteiger partial charge in [0.2, 0.25) is 11.8 Å². The van der Waals surface area contributed by atoms with Crippen molar-refractivity contribution in [2.75, 3.05) is 11.4 Å². The maximum absolute atomic E-state index is 12.5. The fourth-order valence-corrected chi connectivity index (χ4v) is 3.31. The molecule has 1 aliphatic heterocycles. The lowest BCUT2D eigenvalue weighted by Crippen LogP contribution is -2.38. The molecule has 0 aliphatic carbocycles. The second-order valence-corrected chi connectivity index (χ2v) is 7.66. The van der Waals surface area contributed by atoms with Crippen molar-refractivity contribution in [3.8, 4) is 0 Å². The average Bonchev–Trinajstić information content (AvgIpc) is 2.96. The van der Waals surface area contributed by atoms with E-state index in [0.717, 1.165) is 24.9 Å². The van der Waals surface area contributed by atoms with Crippen LogP contribution >= 0.6 is 0 Å². The predicted molar refractivity (Wildman–Crippen MR) is 103 cm³/mol. The van der Waals surface area contributed by atoms with Crippen LogP contribution in [0.3, 0.4) is 0 Å². The largest absolute Gasteiger partial charge is 0.353 e. The summed E-state index contributed by atoms with van der Waals surface area (Å²) < 4.78 is 0. The van der Waals surface area contributed by atoms with Gasteiger partial charge in [0.15, 0.2) is 0 Å². The zero-order valence-electron chi connectivity index (χ0n) is 16.0. The smallest absolute Gasteiger partial charge is 0.227 e. The van der Waals surface area contributed by atoms with Crippen LogP contribution in [0.4, 0.5) is 5.69 Å². The molecule has 138 valence electrons. The highest BCUT2D eigenvalue weighted by Crippen LogP contribution is 2.26. The Balaban J connectivity index is 1.86. The summed E-state index contributed by atoms with van der Waals surface area (Å²) in [5, 5.41) is 3.09. The summed E-state index contributed by atoms with van der Waals surface area (Å²) in [5.41, 5.74) is 2.14. The Bertz CT molecular complexity index is 580. The number of carbonyl (C=O) groups excluding carboxylic acids is 2. The molecule has 0 unspecified atom stereocenters. The molecule has 4 nitrogen and oxygen atoms in total. The van der Waals surface area contributed by atoms with Crippen LogP contribution in [0, 0.1) is 11.8 Å². The number of nitrogens with one attached hydrogen (secondary N) is 1. The van der Waals surface area contributed by atoms with Gasteiger partial charge in [0.05, 0.1) is 5.92 Å². The Morgan fingerprint density at radius 1 is 1.20 bits per heavy atom. The number of rotatable bonds is 8. The fraction of sp³-hybridized carbons (Fsp3) is 0.619. The van der Waals surface area contributed by atoms with Gasteiger partial charge in [0, 0.05) is 24.7 Å². The van der Waals surface area contributed by atoms with Gasteiger partial charge in [-0.2, -0.15) is 0 Å². The number of nitrogens with zero attached hydrogens (tertiary/aromatic N) is 1. The van der Waals surface area contributed by atoms with Crippen LogP contribution < -0.4 is 10.2 Å². The summed E-state index contributed by atoms with van der Waals surface area (Å²) in [6.07, 6.45) is 4.59. The van der Waals surface area contributed by atoms with Crippen LogP contribution in [0.2, 0.25) is 0 Å². The summed E-state index contributed by atoms with van der Waals surface area (Å²) in [6.45, 7) is 9.08. The van der Waals surface area contributed by atoms with Gasteiger partial charge in [-0.1, -0.05) is 45.7 Å². The van der Waals surface area contributed by atoms with Crippen molar-refractivity contribution in [3.05, 3.63) is 29.8 Å². The van der Waals surface area contributed by atoms with Crippen LogP contribution in [0.5, 0.6) is 0 Å². The van der Waals surface area contributed by atoms with Crippen molar-refractivity contribution >= 4 is 17.5 Å². The van der Waals surface area contributed by atoms with Crippen molar-refractivity contribution in [3.63, 3.8) is 0 Å². The third-order valence-electron chi connectivity index (χ3n) is 4.96. The van der Waals surface area contributed by atoms with Crippen LogP contribution in [-0.2, 0) is 16.0 Å². The minimum absolute atomic E-state index is 0.0121. The number of anilines is 1. The lowest BCUT2D eigenvalue weighted by atomic mass is 10.0. The minimum atomic E-state index is -0.245. The van der Waals surface area contributed by atoms with E-state index in [4.69, 9.17) is 0 Å². The summed E-state index contributed by atoms with van der Waals surface area (Å²) in [7, 11) is 0. The first kappa shape index (κ1) is 19.5. The molecule has 2 amide bonds. The minimum Gasteiger partial charge on any atom is -0.353 e. The molecular formula is C21H32N2O2. The maximum atomic E-state index is 12.5. The molecule has 2 atom stereocenters. The Morgan fingerprint density at radius 2 is 1.88 bits per heavy atom. The Kier molecular flexibility index (Phi) is 7.03. The molecule has 1 heterocycles. The highest BCUT2D eigenvalue weighted by atomic mass is 16.2. The van der Waals surface area contributed by atoms with Crippen molar-refractivity contribution in [2.45, 2.75) is 65.8 Å². The Labute approximate surface area is 152 Å². The third-order valence-corrected chi connectivity index (χ3v) is 4.96. The summed E-state index contributed by atoms with van der Waals surface area (Å²) >= 11 is 0. The van der Waals surface area contributed by atoms with Crippen LogP contribution in [0.15, 0.2) is 24.3 Å². The summed E-state index contributed by atoms with van der Waals surface area (Å²) in [5.74, 6) is 0.504. The van der Waals surface area contributed by atoms with Gasteiger partial charge in [-0.25, -0.2) is 0 Å². The normalized spacial score (nSPS) is 18.7. The van der Waals surface area contributed by atoms with E-state index < -0.39 is 0 Å². The lowest BCUT2D eigenvalue weighted by Gasteiger charge is -2.19. The molecule has 0 radical (unpaired) electrons. The molecule has 1 aromatic carbocycles. The molecule has 1 fully saturated rings. The van der Waals surface area contributed by atoms with Crippen molar-refractivity contribution in [2.24, 2.45) is 11.8 Å². The first-order chi connectivity index (χ1) is 11.9. The standard InChI is InChI=1S/C21H32N2O2/c1-5-17-9-11-19(12-10-17)23-14-18(13-20(23)24)21(25)22-16(4)8-6-7-15(2)3/h9-12,15-16,18H,5-8,13-14H2,1-4H3,(H,22,25)/t16-,18-/m1/s1. The van der Waals surface area contributed by atoms with Crippen molar-refractivity contribution in [1.29, 1.82) is 0 Å². The molecular weight excluding hydrogens is 312 g/mol. The molecule has 25 heavy (non-hydrogen) atoms. The maximum Gasteiger partial charge on any atom is 0.227 e. The number of benzene rings is 1. The molecule has 1 N–H and O–H groups in total. The first-order valence-corrected chi connectivity index (χ1v) is 9.60. The molecule has 4 heteroatoms. The van der Waals surface area contributed by atoms with Crippen molar-refractivity contribution < 1.29 is 9.59 Å². The quantitative estimate of drug-likeness (QED) is 0.777. The number of aryl methyl sites for hydroxylation is 1. The zero-order chi connectivity index (χ0) is 18.4. The van der Waals surface area contributed by atoms with Crippen LogP contribution in [0.1, 0.15) is 58.9 Å². The monoisotopic (exact) mass is 344 g/mol. The molecule has 1 saturated heterocycles. The van der Waals surface area contributed by atoms with E-state index in [0.29, 0.717) is 18.9 Å². The number of carbonyl (C=O) groups is 2. The topological polar surface area (TPSA) is 49.4 Å². The van der Waals surface area contributed by atoms with Crippen LogP contribution in [0.25, 0.3) is 0 Å². The van der Waals surface area contributed by atoms with Crippen LogP contribution in [-0.4, -0.2) is 24.4 Å². The molecule has 0 spiro atoms. The van der Waals surface area contributed by atoms with Gasteiger partial charge in [-0.05, 0) is 43.4 Å². The Morgan fingerprint density at radius 3 is 2.48 bits per heavy atom.